The number of pyridine rings is 1. The van der Waals surface area contributed by atoms with Crippen LogP contribution in [0.2, 0.25) is 5.02 Å². The molecule has 1 heterocycles. The summed E-state index contributed by atoms with van der Waals surface area (Å²) in [6.45, 7) is 1.89. The van der Waals surface area contributed by atoms with Crippen molar-refractivity contribution in [2.45, 2.75) is 13.0 Å². The van der Waals surface area contributed by atoms with E-state index in [9.17, 15) is 0 Å². The molecule has 4 heteroatoms. The van der Waals surface area contributed by atoms with E-state index in [2.05, 4.69) is 4.98 Å². The van der Waals surface area contributed by atoms with Crippen LogP contribution < -0.4 is 5.73 Å². The normalized spacial score (nSPS) is 11.9. The summed E-state index contributed by atoms with van der Waals surface area (Å²) in [6.07, 6.45) is 3.28. The third-order valence-corrected chi connectivity index (χ3v) is 1.61. The first-order chi connectivity index (χ1) is 4.72. The van der Waals surface area contributed by atoms with Gasteiger partial charge in [0, 0.05) is 18.4 Å². The highest BCUT2D eigenvalue weighted by Crippen LogP contribution is 2.18. The van der Waals surface area contributed by atoms with Crippen LogP contribution in [0, 0.1) is 0 Å². The highest BCUT2D eigenvalue weighted by atomic mass is 35.5. The highest BCUT2D eigenvalue weighted by molar-refractivity contribution is 6.31. The maximum absolute atomic E-state index is 5.78. The number of aromatic nitrogens is 1. The summed E-state index contributed by atoms with van der Waals surface area (Å²) < 4.78 is 0. The average molecular weight is 193 g/mol. The fourth-order valence-corrected chi connectivity index (χ4v) is 1.05. The topological polar surface area (TPSA) is 38.9 Å². The van der Waals surface area contributed by atoms with Gasteiger partial charge in [0.05, 0.1) is 5.02 Å². The fourth-order valence-electron chi connectivity index (χ4n) is 0.755. The van der Waals surface area contributed by atoms with Crippen molar-refractivity contribution < 1.29 is 0 Å². The molecule has 2 nitrogen and oxygen atoms in total. The van der Waals surface area contributed by atoms with Gasteiger partial charge in [-0.15, -0.1) is 12.4 Å². The summed E-state index contributed by atoms with van der Waals surface area (Å²) in [6, 6.07) is 1.81. The van der Waals surface area contributed by atoms with Crippen molar-refractivity contribution >= 4 is 24.0 Å². The second-order valence-corrected chi connectivity index (χ2v) is 2.59. The van der Waals surface area contributed by atoms with Gasteiger partial charge in [0.25, 0.3) is 0 Å². The van der Waals surface area contributed by atoms with Gasteiger partial charge in [-0.25, -0.2) is 0 Å². The number of rotatable bonds is 1. The molecule has 0 saturated heterocycles. The Bertz CT molecular complexity index is 225. The zero-order valence-electron chi connectivity index (χ0n) is 6.12. The number of nitrogens with zero attached hydrogens (tertiary/aromatic N) is 1. The van der Waals surface area contributed by atoms with E-state index in [1.807, 2.05) is 13.0 Å². The Balaban J connectivity index is 0.000001000. The molecule has 0 saturated carbocycles. The molecule has 0 spiro atoms. The van der Waals surface area contributed by atoms with Crippen molar-refractivity contribution in [2.24, 2.45) is 5.73 Å². The lowest BCUT2D eigenvalue weighted by molar-refractivity contribution is 0.816. The summed E-state index contributed by atoms with van der Waals surface area (Å²) in [4.78, 5) is 3.84. The molecule has 0 unspecified atom stereocenters. The minimum atomic E-state index is -0.0181. The molecule has 0 aliphatic heterocycles. The van der Waals surface area contributed by atoms with Crippen LogP contribution in [0.25, 0.3) is 0 Å². The van der Waals surface area contributed by atoms with E-state index in [1.165, 1.54) is 0 Å². The van der Waals surface area contributed by atoms with E-state index in [0.29, 0.717) is 5.02 Å². The molecule has 0 radical (unpaired) electrons. The lowest BCUT2D eigenvalue weighted by Crippen LogP contribution is -2.05. The van der Waals surface area contributed by atoms with Crippen molar-refractivity contribution in [1.29, 1.82) is 0 Å². The molecule has 11 heavy (non-hydrogen) atoms. The first-order valence-corrected chi connectivity index (χ1v) is 3.44. The predicted molar refractivity (Wildman–Crippen MR) is 49.1 cm³/mol. The SMILES string of the molecule is C[C@@H](N)c1ccncc1Cl.Cl. The predicted octanol–water partition coefficient (Wildman–Crippen LogP) is 2.18. The molecule has 0 amide bonds. The quantitative estimate of drug-likeness (QED) is 0.742. The minimum absolute atomic E-state index is 0. The van der Waals surface area contributed by atoms with Crippen LogP contribution in [0.5, 0.6) is 0 Å². The first kappa shape index (κ1) is 10.7. The van der Waals surface area contributed by atoms with Crippen LogP contribution in [0.15, 0.2) is 18.5 Å². The molecule has 0 bridgehead atoms. The van der Waals surface area contributed by atoms with Crippen LogP contribution in [-0.2, 0) is 0 Å². The minimum Gasteiger partial charge on any atom is -0.324 e. The molecule has 2 N–H and O–H groups in total. The van der Waals surface area contributed by atoms with Gasteiger partial charge in [0.1, 0.15) is 0 Å². The van der Waals surface area contributed by atoms with Gasteiger partial charge in [0.2, 0.25) is 0 Å². The van der Waals surface area contributed by atoms with E-state index >= 15 is 0 Å². The van der Waals surface area contributed by atoms with Crippen molar-refractivity contribution in [2.75, 3.05) is 0 Å². The number of nitrogens with two attached hydrogens (primary N) is 1. The van der Waals surface area contributed by atoms with E-state index < -0.39 is 0 Å². The van der Waals surface area contributed by atoms with Gasteiger partial charge >= 0.3 is 0 Å². The molecule has 0 aromatic carbocycles. The molecular formula is C7H10Cl2N2. The second-order valence-electron chi connectivity index (χ2n) is 2.19. The number of halogens is 2. The van der Waals surface area contributed by atoms with Crippen molar-refractivity contribution in [3.8, 4) is 0 Å². The fraction of sp³-hybridized carbons (Fsp3) is 0.286. The van der Waals surface area contributed by atoms with E-state index in [-0.39, 0.29) is 18.4 Å². The van der Waals surface area contributed by atoms with Crippen LogP contribution in [0.3, 0.4) is 0 Å². The molecule has 1 atom stereocenters. The number of hydrogen-bond donors (Lipinski definition) is 1. The third kappa shape index (κ3) is 2.66. The van der Waals surface area contributed by atoms with E-state index in [0.717, 1.165) is 5.56 Å². The molecule has 0 fully saturated rings. The Kier molecular flexibility index (Phi) is 4.42. The van der Waals surface area contributed by atoms with Crippen molar-refractivity contribution in [3.63, 3.8) is 0 Å². The van der Waals surface area contributed by atoms with Gasteiger partial charge in [-0.2, -0.15) is 0 Å². The smallest absolute Gasteiger partial charge is 0.0636 e. The van der Waals surface area contributed by atoms with Crippen molar-refractivity contribution in [3.05, 3.63) is 29.0 Å². The third-order valence-electron chi connectivity index (χ3n) is 1.29. The Morgan fingerprint density at radius 1 is 1.64 bits per heavy atom. The molecule has 0 aliphatic rings. The standard InChI is InChI=1S/C7H9ClN2.ClH/c1-5(9)6-2-3-10-4-7(6)8;/h2-5H,9H2,1H3;1H/t5-;/m1./s1. The van der Waals surface area contributed by atoms with Gasteiger partial charge in [-0.1, -0.05) is 11.6 Å². The zero-order valence-corrected chi connectivity index (χ0v) is 7.69. The Labute approximate surface area is 77.2 Å². The van der Waals surface area contributed by atoms with Crippen LogP contribution in [0.1, 0.15) is 18.5 Å². The first-order valence-electron chi connectivity index (χ1n) is 3.07. The Morgan fingerprint density at radius 2 is 2.27 bits per heavy atom. The summed E-state index contributed by atoms with van der Waals surface area (Å²) in [5.74, 6) is 0. The Hall–Kier alpha value is -0.310. The largest absolute Gasteiger partial charge is 0.324 e. The van der Waals surface area contributed by atoms with Gasteiger partial charge in [-0.3, -0.25) is 4.98 Å². The maximum Gasteiger partial charge on any atom is 0.0636 e. The Morgan fingerprint density at radius 3 is 2.64 bits per heavy atom. The zero-order chi connectivity index (χ0) is 7.56. The molecule has 1 aromatic rings. The lowest BCUT2D eigenvalue weighted by Gasteiger charge is -2.05. The van der Waals surface area contributed by atoms with Crippen LogP contribution in [-0.4, -0.2) is 4.98 Å². The summed E-state index contributed by atoms with van der Waals surface area (Å²) in [5, 5.41) is 0.637. The monoisotopic (exact) mass is 192 g/mol. The van der Waals surface area contributed by atoms with Gasteiger partial charge in [0.15, 0.2) is 0 Å². The summed E-state index contributed by atoms with van der Waals surface area (Å²) >= 11 is 5.78. The molecule has 1 rings (SSSR count). The number of hydrogen-bond acceptors (Lipinski definition) is 2. The molecule has 62 valence electrons. The lowest BCUT2D eigenvalue weighted by atomic mass is 10.1. The molecule has 1 aromatic heterocycles. The highest BCUT2D eigenvalue weighted by Gasteiger charge is 2.02. The van der Waals surface area contributed by atoms with Crippen LogP contribution >= 0.6 is 24.0 Å². The van der Waals surface area contributed by atoms with E-state index in [1.54, 1.807) is 12.4 Å². The second kappa shape index (κ2) is 4.54. The summed E-state index contributed by atoms with van der Waals surface area (Å²) in [5.41, 5.74) is 6.54. The van der Waals surface area contributed by atoms with E-state index in [4.69, 9.17) is 17.3 Å². The summed E-state index contributed by atoms with van der Waals surface area (Å²) in [7, 11) is 0. The van der Waals surface area contributed by atoms with Crippen molar-refractivity contribution in [1.82, 2.24) is 4.98 Å². The maximum atomic E-state index is 5.78. The van der Waals surface area contributed by atoms with Gasteiger partial charge < -0.3 is 5.73 Å². The average Bonchev–Trinajstić information content (AvgIpc) is 1.88. The molecular weight excluding hydrogens is 183 g/mol. The molecule has 0 aliphatic carbocycles. The van der Waals surface area contributed by atoms with Gasteiger partial charge in [-0.05, 0) is 18.6 Å². The van der Waals surface area contributed by atoms with Crippen LogP contribution in [0.4, 0.5) is 0 Å².